The van der Waals surface area contributed by atoms with Crippen molar-refractivity contribution in [2.24, 2.45) is 0 Å². The molecule has 146 valence electrons. The number of aliphatic hydroxyl groups excluding tert-OH is 1. The summed E-state index contributed by atoms with van der Waals surface area (Å²) in [6.45, 7) is 5.83. The van der Waals surface area contributed by atoms with E-state index in [-0.39, 0.29) is 6.10 Å². The number of aromatic nitrogens is 1. The molecule has 0 spiro atoms. The van der Waals surface area contributed by atoms with Crippen molar-refractivity contribution >= 4 is 16.6 Å². The van der Waals surface area contributed by atoms with Gasteiger partial charge in [0.05, 0.1) is 11.6 Å². The van der Waals surface area contributed by atoms with E-state index in [1.54, 1.807) is 0 Å². The van der Waals surface area contributed by atoms with Gasteiger partial charge >= 0.3 is 0 Å². The standard InChI is InChI=1S/C24H29N3O/c1-2-20-15-24(22-9-5-6-10-23(22)26-20)25-16-18-7-3-4-8-19(18)17-27-13-11-21(28)12-14-27/h3-10,15,21,28H,2,11-14,16-17H2,1H3,(H,25,26). The van der Waals surface area contributed by atoms with E-state index in [4.69, 9.17) is 4.98 Å². The molecule has 4 rings (SSSR count). The maximum Gasteiger partial charge on any atom is 0.0726 e. The first-order chi connectivity index (χ1) is 13.7. The fourth-order valence-corrected chi connectivity index (χ4v) is 3.95. The Kier molecular flexibility index (Phi) is 5.89. The van der Waals surface area contributed by atoms with E-state index in [9.17, 15) is 5.11 Å². The molecule has 2 heterocycles. The third-order valence-corrected chi connectivity index (χ3v) is 5.67. The number of aryl methyl sites for hydroxylation is 1. The number of nitrogens with one attached hydrogen (secondary N) is 1. The number of likely N-dealkylation sites (tertiary alicyclic amines) is 1. The minimum Gasteiger partial charge on any atom is -0.393 e. The first kappa shape index (κ1) is 18.9. The zero-order chi connectivity index (χ0) is 19.3. The Morgan fingerprint density at radius 2 is 1.75 bits per heavy atom. The lowest BCUT2D eigenvalue weighted by Gasteiger charge is -2.30. The molecule has 28 heavy (non-hydrogen) atoms. The Hall–Kier alpha value is -2.43. The summed E-state index contributed by atoms with van der Waals surface area (Å²) >= 11 is 0. The summed E-state index contributed by atoms with van der Waals surface area (Å²) in [5.74, 6) is 0. The molecule has 2 N–H and O–H groups in total. The Bertz CT molecular complexity index is 932. The van der Waals surface area contributed by atoms with Crippen LogP contribution in [0, 0.1) is 0 Å². The van der Waals surface area contributed by atoms with Gasteiger partial charge in [0.15, 0.2) is 0 Å². The van der Waals surface area contributed by atoms with E-state index in [2.05, 4.69) is 65.7 Å². The number of anilines is 1. The largest absolute Gasteiger partial charge is 0.393 e. The van der Waals surface area contributed by atoms with Crippen molar-refractivity contribution in [2.75, 3.05) is 18.4 Å². The van der Waals surface area contributed by atoms with Gasteiger partial charge in [0.2, 0.25) is 0 Å². The topological polar surface area (TPSA) is 48.4 Å². The SMILES string of the molecule is CCc1cc(NCc2ccccc2CN2CCC(O)CC2)c2ccccc2n1. The fourth-order valence-electron chi connectivity index (χ4n) is 3.95. The van der Waals surface area contributed by atoms with Gasteiger partial charge in [0.25, 0.3) is 0 Å². The van der Waals surface area contributed by atoms with Gasteiger partial charge in [0.1, 0.15) is 0 Å². The summed E-state index contributed by atoms with van der Waals surface area (Å²) < 4.78 is 0. The molecule has 1 aliphatic rings. The summed E-state index contributed by atoms with van der Waals surface area (Å²) in [5, 5.41) is 14.6. The van der Waals surface area contributed by atoms with Crippen LogP contribution < -0.4 is 5.32 Å². The lowest BCUT2D eigenvalue weighted by atomic mass is 10.0. The van der Waals surface area contributed by atoms with Gasteiger partial charge in [-0.25, -0.2) is 0 Å². The van der Waals surface area contributed by atoms with Crippen LogP contribution in [0.5, 0.6) is 0 Å². The van der Waals surface area contributed by atoms with Gasteiger partial charge in [0, 0.05) is 42.9 Å². The lowest BCUT2D eigenvalue weighted by Crippen LogP contribution is -2.35. The molecule has 0 radical (unpaired) electrons. The summed E-state index contributed by atoms with van der Waals surface area (Å²) in [6, 6.07) is 19.2. The highest BCUT2D eigenvalue weighted by Crippen LogP contribution is 2.25. The number of hydrogen-bond acceptors (Lipinski definition) is 4. The molecule has 1 fully saturated rings. The second-order valence-electron chi connectivity index (χ2n) is 7.66. The molecule has 4 nitrogen and oxygen atoms in total. The molecule has 2 aromatic carbocycles. The van der Waals surface area contributed by atoms with Crippen LogP contribution in [0.25, 0.3) is 10.9 Å². The van der Waals surface area contributed by atoms with E-state index in [1.165, 1.54) is 16.5 Å². The summed E-state index contributed by atoms with van der Waals surface area (Å²) in [6.07, 6.45) is 2.56. The predicted molar refractivity (Wildman–Crippen MR) is 115 cm³/mol. The Balaban J connectivity index is 1.52. The van der Waals surface area contributed by atoms with Gasteiger partial charge in [-0.2, -0.15) is 0 Å². The zero-order valence-electron chi connectivity index (χ0n) is 16.6. The highest BCUT2D eigenvalue weighted by Gasteiger charge is 2.17. The van der Waals surface area contributed by atoms with Gasteiger partial charge in [-0.05, 0) is 42.5 Å². The summed E-state index contributed by atoms with van der Waals surface area (Å²) in [5.41, 5.74) is 6.00. The predicted octanol–water partition coefficient (Wildman–Crippen LogP) is 4.37. The van der Waals surface area contributed by atoms with Crippen molar-refractivity contribution in [2.45, 2.75) is 45.4 Å². The van der Waals surface area contributed by atoms with Crippen LogP contribution in [-0.4, -0.2) is 34.2 Å². The summed E-state index contributed by atoms with van der Waals surface area (Å²) in [4.78, 5) is 7.19. The second-order valence-corrected chi connectivity index (χ2v) is 7.66. The van der Waals surface area contributed by atoms with Crippen molar-refractivity contribution in [3.63, 3.8) is 0 Å². The van der Waals surface area contributed by atoms with Crippen molar-refractivity contribution in [1.82, 2.24) is 9.88 Å². The highest BCUT2D eigenvalue weighted by molar-refractivity contribution is 5.91. The first-order valence-corrected chi connectivity index (χ1v) is 10.3. The molecule has 1 saturated heterocycles. The minimum absolute atomic E-state index is 0.124. The molecule has 0 amide bonds. The number of benzene rings is 2. The smallest absolute Gasteiger partial charge is 0.0726 e. The monoisotopic (exact) mass is 375 g/mol. The van der Waals surface area contributed by atoms with E-state index in [0.717, 1.165) is 62.3 Å². The second kappa shape index (κ2) is 8.72. The molecule has 0 unspecified atom stereocenters. The Labute approximate surface area is 167 Å². The molecular weight excluding hydrogens is 346 g/mol. The van der Waals surface area contributed by atoms with Crippen molar-refractivity contribution in [1.29, 1.82) is 0 Å². The zero-order valence-corrected chi connectivity index (χ0v) is 16.6. The number of aliphatic hydroxyl groups is 1. The molecule has 0 atom stereocenters. The van der Waals surface area contributed by atoms with Crippen LogP contribution in [0.15, 0.2) is 54.6 Å². The summed E-state index contributed by atoms with van der Waals surface area (Å²) in [7, 11) is 0. The Morgan fingerprint density at radius 1 is 1.04 bits per heavy atom. The van der Waals surface area contributed by atoms with E-state index < -0.39 is 0 Å². The van der Waals surface area contributed by atoms with Crippen LogP contribution in [-0.2, 0) is 19.5 Å². The first-order valence-electron chi connectivity index (χ1n) is 10.3. The van der Waals surface area contributed by atoms with Crippen molar-refractivity contribution < 1.29 is 5.11 Å². The number of piperidine rings is 1. The van der Waals surface area contributed by atoms with Crippen LogP contribution in [0.2, 0.25) is 0 Å². The molecule has 1 aliphatic heterocycles. The third kappa shape index (κ3) is 4.34. The van der Waals surface area contributed by atoms with Gasteiger partial charge in [-0.3, -0.25) is 9.88 Å². The van der Waals surface area contributed by atoms with Gasteiger partial charge < -0.3 is 10.4 Å². The molecular formula is C24H29N3O. The maximum absolute atomic E-state index is 9.75. The molecule has 0 bridgehead atoms. The van der Waals surface area contributed by atoms with E-state index >= 15 is 0 Å². The van der Waals surface area contributed by atoms with E-state index in [0.29, 0.717) is 0 Å². The number of pyridine rings is 1. The number of fused-ring (bicyclic) bond motifs is 1. The maximum atomic E-state index is 9.75. The van der Waals surface area contributed by atoms with Crippen LogP contribution in [0.3, 0.4) is 0 Å². The number of hydrogen-bond donors (Lipinski definition) is 2. The molecule has 4 heteroatoms. The average Bonchev–Trinajstić information content (AvgIpc) is 2.74. The normalized spacial score (nSPS) is 15.8. The van der Waals surface area contributed by atoms with E-state index in [1.807, 2.05) is 6.07 Å². The average molecular weight is 376 g/mol. The van der Waals surface area contributed by atoms with Crippen molar-refractivity contribution in [3.8, 4) is 0 Å². The molecule has 1 aromatic heterocycles. The number of para-hydroxylation sites is 1. The fraction of sp³-hybridized carbons (Fsp3) is 0.375. The molecule has 3 aromatic rings. The quantitative estimate of drug-likeness (QED) is 0.672. The molecule has 0 aliphatic carbocycles. The van der Waals surface area contributed by atoms with Crippen molar-refractivity contribution in [3.05, 3.63) is 71.4 Å². The van der Waals surface area contributed by atoms with Crippen LogP contribution in [0.1, 0.15) is 36.6 Å². The number of nitrogens with zero attached hydrogens (tertiary/aromatic N) is 2. The van der Waals surface area contributed by atoms with Gasteiger partial charge in [-0.15, -0.1) is 0 Å². The minimum atomic E-state index is -0.124. The Morgan fingerprint density at radius 3 is 2.54 bits per heavy atom. The highest BCUT2D eigenvalue weighted by atomic mass is 16.3. The molecule has 0 saturated carbocycles. The van der Waals surface area contributed by atoms with Crippen LogP contribution in [0.4, 0.5) is 5.69 Å². The third-order valence-electron chi connectivity index (χ3n) is 5.67. The number of rotatable bonds is 6. The van der Waals surface area contributed by atoms with Gasteiger partial charge in [-0.1, -0.05) is 49.4 Å². The van der Waals surface area contributed by atoms with Crippen LogP contribution >= 0.6 is 0 Å². The lowest BCUT2D eigenvalue weighted by molar-refractivity contribution is 0.0791.